The Morgan fingerprint density at radius 3 is 2.67 bits per heavy atom. The molecule has 0 radical (unpaired) electrons. The predicted molar refractivity (Wildman–Crippen MR) is 66.6 cm³/mol. The second-order valence-electron chi connectivity index (χ2n) is 4.47. The van der Waals surface area contributed by atoms with Crippen LogP contribution < -0.4 is 10.2 Å². The van der Waals surface area contributed by atoms with Crippen molar-refractivity contribution in [2.45, 2.75) is 19.8 Å². The van der Waals surface area contributed by atoms with Gasteiger partial charge in [0.05, 0.1) is 0 Å². The molecule has 0 aromatic heterocycles. The molecule has 1 aliphatic rings. The number of rotatable bonds is 2. The molecular formula is C13H20N2. The number of anilines is 2. The van der Waals surface area contributed by atoms with E-state index in [-0.39, 0.29) is 0 Å². The summed E-state index contributed by atoms with van der Waals surface area (Å²) in [5.74, 6) is 0.897. The van der Waals surface area contributed by atoms with E-state index in [0.29, 0.717) is 0 Å². The molecule has 1 saturated heterocycles. The van der Waals surface area contributed by atoms with Gasteiger partial charge in [-0.1, -0.05) is 13.0 Å². The maximum Gasteiger partial charge on any atom is 0.0386 e. The summed E-state index contributed by atoms with van der Waals surface area (Å²) < 4.78 is 0. The Morgan fingerprint density at radius 1 is 1.27 bits per heavy atom. The van der Waals surface area contributed by atoms with Crippen LogP contribution in [0.25, 0.3) is 0 Å². The zero-order valence-electron chi connectivity index (χ0n) is 9.66. The average Bonchev–Trinajstić information content (AvgIpc) is 2.30. The number of piperidine rings is 1. The van der Waals surface area contributed by atoms with Gasteiger partial charge in [0, 0.05) is 31.5 Å². The van der Waals surface area contributed by atoms with Gasteiger partial charge in [-0.2, -0.15) is 0 Å². The Labute approximate surface area is 92.3 Å². The molecule has 0 saturated carbocycles. The van der Waals surface area contributed by atoms with Crippen LogP contribution in [0.1, 0.15) is 19.8 Å². The molecule has 1 aliphatic heterocycles. The highest BCUT2D eigenvalue weighted by Gasteiger charge is 2.15. The second kappa shape index (κ2) is 4.56. The van der Waals surface area contributed by atoms with Gasteiger partial charge < -0.3 is 10.2 Å². The van der Waals surface area contributed by atoms with Crippen molar-refractivity contribution in [1.29, 1.82) is 0 Å². The molecule has 2 nitrogen and oxygen atoms in total. The minimum absolute atomic E-state index is 0.897. The predicted octanol–water partition coefficient (Wildman–Crippen LogP) is 2.96. The topological polar surface area (TPSA) is 15.3 Å². The van der Waals surface area contributed by atoms with Gasteiger partial charge in [-0.05, 0) is 37.0 Å². The van der Waals surface area contributed by atoms with Crippen molar-refractivity contribution in [3.8, 4) is 0 Å². The molecule has 1 fully saturated rings. The Kier molecular flexibility index (Phi) is 3.14. The summed E-state index contributed by atoms with van der Waals surface area (Å²) in [7, 11) is 1.97. The van der Waals surface area contributed by atoms with Crippen molar-refractivity contribution >= 4 is 11.4 Å². The maximum absolute atomic E-state index is 3.19. The summed E-state index contributed by atoms with van der Waals surface area (Å²) in [5, 5.41) is 3.19. The summed E-state index contributed by atoms with van der Waals surface area (Å²) in [6, 6.07) is 8.67. The zero-order chi connectivity index (χ0) is 10.7. The zero-order valence-corrected chi connectivity index (χ0v) is 9.66. The third-order valence-corrected chi connectivity index (χ3v) is 3.28. The molecule has 0 spiro atoms. The fraction of sp³-hybridized carbons (Fsp3) is 0.538. The third-order valence-electron chi connectivity index (χ3n) is 3.28. The van der Waals surface area contributed by atoms with E-state index >= 15 is 0 Å². The molecule has 0 aliphatic carbocycles. The molecule has 1 aromatic rings. The van der Waals surface area contributed by atoms with Gasteiger partial charge >= 0.3 is 0 Å². The fourth-order valence-electron chi connectivity index (χ4n) is 2.12. The highest BCUT2D eigenvalue weighted by Crippen LogP contribution is 2.24. The molecule has 1 heterocycles. The molecule has 82 valence electrons. The first-order valence-electron chi connectivity index (χ1n) is 5.82. The Bertz CT molecular complexity index is 314. The van der Waals surface area contributed by atoms with Crippen LogP contribution in [-0.4, -0.2) is 20.1 Å². The van der Waals surface area contributed by atoms with Crippen LogP contribution in [0.2, 0.25) is 0 Å². The third kappa shape index (κ3) is 2.44. The lowest BCUT2D eigenvalue weighted by molar-refractivity contribution is 0.438. The molecular weight excluding hydrogens is 184 g/mol. The normalized spacial score (nSPS) is 17.9. The largest absolute Gasteiger partial charge is 0.388 e. The van der Waals surface area contributed by atoms with Gasteiger partial charge in [0.15, 0.2) is 0 Å². The Balaban J connectivity index is 2.08. The van der Waals surface area contributed by atoms with E-state index < -0.39 is 0 Å². The maximum atomic E-state index is 3.19. The lowest BCUT2D eigenvalue weighted by atomic mass is 9.99. The Hall–Kier alpha value is -1.18. The SMILES string of the molecule is CNc1cccc(N2CCC(C)CC2)c1. The molecule has 1 N–H and O–H groups in total. The number of benzene rings is 1. The first-order chi connectivity index (χ1) is 7.29. The van der Waals surface area contributed by atoms with E-state index in [9.17, 15) is 0 Å². The van der Waals surface area contributed by atoms with E-state index in [2.05, 4.69) is 41.4 Å². The molecule has 0 bridgehead atoms. The quantitative estimate of drug-likeness (QED) is 0.796. The fourth-order valence-corrected chi connectivity index (χ4v) is 2.12. The van der Waals surface area contributed by atoms with E-state index in [0.717, 1.165) is 5.92 Å². The van der Waals surface area contributed by atoms with Crippen LogP contribution in [0.4, 0.5) is 11.4 Å². The number of hydrogen-bond acceptors (Lipinski definition) is 2. The molecule has 15 heavy (non-hydrogen) atoms. The van der Waals surface area contributed by atoms with Crippen molar-refractivity contribution in [3.63, 3.8) is 0 Å². The van der Waals surface area contributed by atoms with Gasteiger partial charge in [-0.15, -0.1) is 0 Å². The summed E-state index contributed by atoms with van der Waals surface area (Å²) in [5.41, 5.74) is 2.56. The van der Waals surface area contributed by atoms with Gasteiger partial charge in [-0.25, -0.2) is 0 Å². The molecule has 0 unspecified atom stereocenters. The molecule has 2 heteroatoms. The van der Waals surface area contributed by atoms with Crippen molar-refractivity contribution in [1.82, 2.24) is 0 Å². The molecule has 2 rings (SSSR count). The highest BCUT2D eigenvalue weighted by molar-refractivity contribution is 5.58. The minimum atomic E-state index is 0.897. The van der Waals surface area contributed by atoms with Crippen LogP contribution in [0.3, 0.4) is 0 Å². The van der Waals surface area contributed by atoms with Crippen LogP contribution in [0.15, 0.2) is 24.3 Å². The van der Waals surface area contributed by atoms with E-state index in [1.165, 1.54) is 37.3 Å². The van der Waals surface area contributed by atoms with E-state index in [4.69, 9.17) is 0 Å². The lowest BCUT2D eigenvalue weighted by Crippen LogP contribution is -2.32. The van der Waals surface area contributed by atoms with Crippen LogP contribution in [0.5, 0.6) is 0 Å². The van der Waals surface area contributed by atoms with Crippen LogP contribution in [0, 0.1) is 5.92 Å². The summed E-state index contributed by atoms with van der Waals surface area (Å²) in [4.78, 5) is 2.49. The first-order valence-corrected chi connectivity index (χ1v) is 5.82. The number of nitrogens with zero attached hydrogens (tertiary/aromatic N) is 1. The summed E-state index contributed by atoms with van der Waals surface area (Å²) >= 11 is 0. The number of hydrogen-bond donors (Lipinski definition) is 1. The molecule has 1 aromatic carbocycles. The summed E-state index contributed by atoms with van der Waals surface area (Å²) in [6.45, 7) is 4.75. The van der Waals surface area contributed by atoms with Crippen LogP contribution in [-0.2, 0) is 0 Å². The average molecular weight is 204 g/mol. The molecule has 0 amide bonds. The van der Waals surface area contributed by atoms with Crippen molar-refractivity contribution in [2.24, 2.45) is 5.92 Å². The standard InChI is InChI=1S/C13H20N2/c1-11-6-8-15(9-7-11)13-5-3-4-12(10-13)14-2/h3-5,10-11,14H,6-9H2,1-2H3. The minimum Gasteiger partial charge on any atom is -0.388 e. The highest BCUT2D eigenvalue weighted by atomic mass is 15.1. The van der Waals surface area contributed by atoms with Gasteiger partial charge in [0.2, 0.25) is 0 Å². The Morgan fingerprint density at radius 2 is 2.00 bits per heavy atom. The lowest BCUT2D eigenvalue weighted by Gasteiger charge is -2.32. The second-order valence-corrected chi connectivity index (χ2v) is 4.47. The number of nitrogens with one attached hydrogen (secondary N) is 1. The first kappa shape index (κ1) is 10.3. The van der Waals surface area contributed by atoms with Gasteiger partial charge in [0.25, 0.3) is 0 Å². The smallest absolute Gasteiger partial charge is 0.0386 e. The van der Waals surface area contributed by atoms with Gasteiger partial charge in [-0.3, -0.25) is 0 Å². The summed E-state index contributed by atoms with van der Waals surface area (Å²) in [6.07, 6.45) is 2.65. The van der Waals surface area contributed by atoms with Crippen LogP contribution >= 0.6 is 0 Å². The monoisotopic (exact) mass is 204 g/mol. The van der Waals surface area contributed by atoms with Crippen molar-refractivity contribution < 1.29 is 0 Å². The van der Waals surface area contributed by atoms with Crippen molar-refractivity contribution in [3.05, 3.63) is 24.3 Å². The van der Waals surface area contributed by atoms with Gasteiger partial charge in [0.1, 0.15) is 0 Å². The van der Waals surface area contributed by atoms with E-state index in [1.807, 2.05) is 7.05 Å². The molecule has 0 atom stereocenters. The van der Waals surface area contributed by atoms with Crippen molar-refractivity contribution in [2.75, 3.05) is 30.4 Å². The van der Waals surface area contributed by atoms with E-state index in [1.54, 1.807) is 0 Å².